The molecule has 3 rings (SSSR count). The third-order valence-corrected chi connectivity index (χ3v) is 5.68. The molecular formula is C14H14N2O2S2. The Morgan fingerprint density at radius 2 is 2.15 bits per heavy atom. The van der Waals surface area contributed by atoms with E-state index in [0.717, 1.165) is 6.42 Å². The van der Waals surface area contributed by atoms with Gasteiger partial charge in [0.25, 0.3) is 5.69 Å². The summed E-state index contributed by atoms with van der Waals surface area (Å²) in [6.07, 6.45) is 0.973. The summed E-state index contributed by atoms with van der Waals surface area (Å²) in [4.78, 5) is 10.8. The second-order valence-corrected chi connectivity index (χ2v) is 7.42. The van der Waals surface area contributed by atoms with Crippen LogP contribution in [0.15, 0.2) is 39.9 Å². The van der Waals surface area contributed by atoms with Crippen LogP contribution in [0.3, 0.4) is 0 Å². The van der Waals surface area contributed by atoms with Gasteiger partial charge in [0, 0.05) is 11.3 Å². The predicted octanol–water partition coefficient (Wildman–Crippen LogP) is 4.69. The van der Waals surface area contributed by atoms with Gasteiger partial charge in [0.1, 0.15) is 5.69 Å². The number of anilines is 1. The highest BCUT2D eigenvalue weighted by Gasteiger charge is 2.27. The van der Waals surface area contributed by atoms with Crippen molar-refractivity contribution in [3.8, 4) is 0 Å². The normalized spacial score (nSPS) is 21.2. The van der Waals surface area contributed by atoms with Crippen molar-refractivity contribution in [2.75, 3.05) is 5.32 Å². The van der Waals surface area contributed by atoms with Gasteiger partial charge < -0.3 is 5.32 Å². The van der Waals surface area contributed by atoms with Crippen molar-refractivity contribution in [1.82, 2.24) is 0 Å². The summed E-state index contributed by atoms with van der Waals surface area (Å²) in [5.41, 5.74) is 1.99. The molecule has 0 fully saturated rings. The molecule has 0 bridgehead atoms. The molecule has 0 saturated heterocycles. The van der Waals surface area contributed by atoms with Crippen LogP contribution in [0, 0.1) is 10.1 Å². The molecule has 2 aromatic rings. The number of hydrogen-bond donors (Lipinski definition) is 1. The Labute approximate surface area is 125 Å². The highest BCUT2D eigenvalue weighted by atomic mass is 32.2. The molecule has 1 aliphatic rings. The number of fused-ring (bicyclic) bond motifs is 1. The summed E-state index contributed by atoms with van der Waals surface area (Å²) in [7, 11) is 0. The van der Waals surface area contributed by atoms with Gasteiger partial charge >= 0.3 is 0 Å². The van der Waals surface area contributed by atoms with Crippen LogP contribution in [0.2, 0.25) is 0 Å². The number of rotatable bonds is 3. The zero-order valence-electron chi connectivity index (χ0n) is 10.9. The minimum Gasteiger partial charge on any atom is -0.373 e. The number of nitro groups is 1. The minimum absolute atomic E-state index is 0.134. The molecule has 6 heteroatoms. The molecule has 2 heterocycles. The van der Waals surface area contributed by atoms with E-state index in [1.54, 1.807) is 23.5 Å². The molecule has 2 atom stereocenters. The highest BCUT2D eigenvalue weighted by molar-refractivity contribution is 8.01. The van der Waals surface area contributed by atoms with Crippen LogP contribution < -0.4 is 5.32 Å². The van der Waals surface area contributed by atoms with Gasteiger partial charge in [-0.25, -0.2) is 0 Å². The van der Waals surface area contributed by atoms with Crippen molar-refractivity contribution in [3.63, 3.8) is 0 Å². The van der Waals surface area contributed by atoms with E-state index in [2.05, 4.69) is 23.7 Å². The summed E-state index contributed by atoms with van der Waals surface area (Å²) in [5.74, 6) is 0. The van der Waals surface area contributed by atoms with Crippen molar-refractivity contribution in [2.24, 2.45) is 0 Å². The number of hydrogen-bond acceptors (Lipinski definition) is 5. The molecule has 1 N–H and O–H groups in total. The van der Waals surface area contributed by atoms with E-state index in [4.69, 9.17) is 0 Å². The van der Waals surface area contributed by atoms with Crippen LogP contribution in [0.4, 0.5) is 11.4 Å². The molecule has 1 aromatic heterocycles. The van der Waals surface area contributed by atoms with Crippen LogP contribution in [-0.4, -0.2) is 10.2 Å². The molecular weight excluding hydrogens is 292 g/mol. The number of nitrogens with zero attached hydrogens (tertiary/aromatic N) is 1. The van der Waals surface area contributed by atoms with Gasteiger partial charge in [-0.3, -0.25) is 10.1 Å². The van der Waals surface area contributed by atoms with Crippen molar-refractivity contribution >= 4 is 34.5 Å². The monoisotopic (exact) mass is 306 g/mol. The Balaban J connectivity index is 1.91. The zero-order valence-corrected chi connectivity index (χ0v) is 12.5. The van der Waals surface area contributed by atoms with Crippen molar-refractivity contribution in [2.45, 2.75) is 28.8 Å². The van der Waals surface area contributed by atoms with Crippen molar-refractivity contribution in [3.05, 3.63) is 51.4 Å². The molecule has 1 aromatic carbocycles. The van der Waals surface area contributed by atoms with Gasteiger partial charge in [-0.05, 0) is 29.5 Å². The van der Waals surface area contributed by atoms with E-state index >= 15 is 0 Å². The van der Waals surface area contributed by atoms with E-state index < -0.39 is 0 Å². The average molecular weight is 306 g/mol. The third-order valence-electron chi connectivity index (χ3n) is 3.34. The van der Waals surface area contributed by atoms with E-state index in [9.17, 15) is 10.1 Å². The summed E-state index contributed by atoms with van der Waals surface area (Å²) < 4.78 is 1.32. The van der Waals surface area contributed by atoms with Crippen LogP contribution >= 0.6 is 23.1 Å². The van der Waals surface area contributed by atoms with Gasteiger partial charge in [-0.1, -0.05) is 19.1 Å². The molecule has 1 unspecified atom stereocenters. The minimum atomic E-state index is -0.335. The number of para-hydroxylation sites is 2. The second-order valence-electron chi connectivity index (χ2n) is 4.80. The summed E-state index contributed by atoms with van der Waals surface area (Å²) in [5, 5.41) is 17.0. The van der Waals surface area contributed by atoms with Gasteiger partial charge in [0.05, 0.1) is 15.2 Å². The van der Waals surface area contributed by atoms with E-state index in [-0.39, 0.29) is 16.7 Å². The van der Waals surface area contributed by atoms with Crippen LogP contribution in [-0.2, 0) is 0 Å². The molecule has 0 aliphatic carbocycles. The van der Waals surface area contributed by atoms with Crippen LogP contribution in [0.25, 0.3) is 0 Å². The lowest BCUT2D eigenvalue weighted by Crippen LogP contribution is -2.19. The zero-order chi connectivity index (χ0) is 14.1. The first kappa shape index (κ1) is 13.5. The number of thioether (sulfide) groups is 1. The average Bonchev–Trinajstić information content (AvgIpc) is 2.87. The Kier molecular flexibility index (Phi) is 3.67. The Morgan fingerprint density at radius 1 is 1.35 bits per heavy atom. The molecule has 0 amide bonds. The third kappa shape index (κ3) is 2.53. The molecule has 0 radical (unpaired) electrons. The maximum atomic E-state index is 11.1. The predicted molar refractivity (Wildman–Crippen MR) is 83.7 cm³/mol. The molecule has 1 aliphatic heterocycles. The largest absolute Gasteiger partial charge is 0.373 e. The van der Waals surface area contributed by atoms with Gasteiger partial charge in [0.15, 0.2) is 0 Å². The van der Waals surface area contributed by atoms with Gasteiger partial charge in [-0.2, -0.15) is 0 Å². The molecule has 20 heavy (non-hydrogen) atoms. The summed E-state index contributed by atoms with van der Waals surface area (Å²) in [6, 6.07) is 9.09. The second kappa shape index (κ2) is 5.46. The van der Waals surface area contributed by atoms with Crippen molar-refractivity contribution < 1.29 is 4.92 Å². The summed E-state index contributed by atoms with van der Waals surface area (Å²) in [6.45, 7) is 2.20. The highest BCUT2D eigenvalue weighted by Crippen LogP contribution is 2.45. The number of nitrogens with one attached hydrogen (secondary N) is 1. The Morgan fingerprint density at radius 3 is 2.95 bits per heavy atom. The maximum Gasteiger partial charge on any atom is 0.292 e. The van der Waals surface area contributed by atoms with Crippen molar-refractivity contribution in [1.29, 1.82) is 0 Å². The number of benzene rings is 1. The van der Waals surface area contributed by atoms with Crippen LogP contribution in [0.1, 0.15) is 24.9 Å². The molecule has 104 valence electrons. The van der Waals surface area contributed by atoms with Gasteiger partial charge in [-0.15, -0.1) is 23.1 Å². The topological polar surface area (TPSA) is 55.2 Å². The fourth-order valence-corrected chi connectivity index (χ4v) is 5.00. The standard InChI is InChI=1S/C14H14N2O2S2/c1-9-8-12(10-6-7-19-14(10)20-9)15-11-4-2-3-5-13(11)16(17)18/h2-7,9,12,15H,8H2,1H3/t9-,12?/m0/s1. The summed E-state index contributed by atoms with van der Waals surface area (Å²) >= 11 is 3.63. The van der Waals surface area contributed by atoms with E-state index in [1.807, 2.05) is 17.8 Å². The lowest BCUT2D eigenvalue weighted by Gasteiger charge is -2.28. The molecule has 0 spiro atoms. The van der Waals surface area contributed by atoms with Crippen LogP contribution in [0.5, 0.6) is 0 Å². The lowest BCUT2D eigenvalue weighted by atomic mass is 10.0. The fourth-order valence-electron chi connectivity index (χ4n) is 2.43. The fraction of sp³-hybridized carbons (Fsp3) is 0.286. The van der Waals surface area contributed by atoms with E-state index in [0.29, 0.717) is 10.9 Å². The van der Waals surface area contributed by atoms with E-state index in [1.165, 1.54) is 15.8 Å². The Hall–Kier alpha value is -1.53. The molecule has 0 saturated carbocycles. The SMILES string of the molecule is C[C@H]1CC(Nc2ccccc2[N+](=O)[O-])c2ccsc2S1. The number of thiophene rings is 1. The first-order valence-electron chi connectivity index (χ1n) is 6.39. The first-order valence-corrected chi connectivity index (χ1v) is 8.15. The smallest absolute Gasteiger partial charge is 0.292 e. The number of nitro benzene ring substituents is 1. The molecule has 4 nitrogen and oxygen atoms in total. The first-order chi connectivity index (χ1) is 9.65. The Bertz CT molecular complexity index is 642. The lowest BCUT2D eigenvalue weighted by molar-refractivity contribution is -0.384. The van der Waals surface area contributed by atoms with Gasteiger partial charge in [0.2, 0.25) is 0 Å². The maximum absolute atomic E-state index is 11.1. The quantitative estimate of drug-likeness (QED) is 0.660.